The zero-order chi connectivity index (χ0) is 15.6. The largest absolute Gasteiger partial charge is 0.399 e. The van der Waals surface area contributed by atoms with Crippen LogP contribution in [-0.4, -0.2) is 16.8 Å². The van der Waals surface area contributed by atoms with Crippen molar-refractivity contribution in [3.05, 3.63) is 51.2 Å². The number of amides is 1. The predicted molar refractivity (Wildman–Crippen MR) is 89.7 cm³/mol. The minimum atomic E-state index is 0.0425. The van der Waals surface area contributed by atoms with Gasteiger partial charge in [0.2, 0.25) is 0 Å². The molecule has 0 aliphatic rings. The molecule has 0 unspecified atom stereocenters. The number of hydrogen-bond acceptors (Lipinski definition) is 3. The molecule has 0 saturated heterocycles. The van der Waals surface area contributed by atoms with Gasteiger partial charge in [0.25, 0.3) is 5.91 Å². The third-order valence-electron chi connectivity index (χ3n) is 3.50. The van der Waals surface area contributed by atoms with E-state index in [4.69, 9.17) is 5.73 Å². The van der Waals surface area contributed by atoms with Crippen molar-refractivity contribution in [1.82, 2.24) is 4.90 Å². The summed E-state index contributed by atoms with van der Waals surface area (Å²) in [7, 11) is 0. The molecule has 1 aromatic heterocycles. The van der Waals surface area contributed by atoms with E-state index in [-0.39, 0.29) is 11.9 Å². The topological polar surface area (TPSA) is 46.3 Å². The molecule has 2 N–H and O–H groups in total. The van der Waals surface area contributed by atoms with Crippen LogP contribution < -0.4 is 5.73 Å². The van der Waals surface area contributed by atoms with Gasteiger partial charge in [-0.3, -0.25) is 4.79 Å². The Kier molecular flexibility index (Phi) is 4.68. The Balaban J connectivity index is 2.29. The minimum Gasteiger partial charge on any atom is -0.399 e. The van der Waals surface area contributed by atoms with Crippen molar-refractivity contribution in [2.45, 2.75) is 40.3 Å². The van der Waals surface area contributed by atoms with Gasteiger partial charge in [-0.25, -0.2) is 0 Å². The fourth-order valence-corrected chi connectivity index (χ4v) is 3.14. The SMILES string of the molecule is Cc1ccc(CN(C(=O)c2cc(N)ccc2C)C(C)C)s1. The molecule has 0 aliphatic carbocycles. The number of thiophene rings is 1. The second kappa shape index (κ2) is 6.31. The van der Waals surface area contributed by atoms with Crippen molar-refractivity contribution in [2.75, 3.05) is 5.73 Å². The number of rotatable bonds is 4. The normalized spacial score (nSPS) is 10.9. The predicted octanol–water partition coefficient (Wildman–Crippen LogP) is 4.00. The van der Waals surface area contributed by atoms with Crippen LogP contribution in [0.4, 0.5) is 5.69 Å². The fourth-order valence-electron chi connectivity index (χ4n) is 2.25. The van der Waals surface area contributed by atoms with E-state index in [1.54, 1.807) is 17.4 Å². The summed E-state index contributed by atoms with van der Waals surface area (Å²) in [5.41, 5.74) is 8.11. The average Bonchev–Trinajstić information content (AvgIpc) is 2.83. The van der Waals surface area contributed by atoms with Crippen LogP contribution in [0.1, 0.15) is 39.5 Å². The Morgan fingerprint density at radius 1 is 1.24 bits per heavy atom. The highest BCUT2D eigenvalue weighted by Gasteiger charge is 2.21. The first-order chi connectivity index (χ1) is 9.88. The number of nitrogen functional groups attached to an aromatic ring is 1. The van der Waals surface area contributed by atoms with E-state index in [0.717, 1.165) is 5.56 Å². The van der Waals surface area contributed by atoms with Gasteiger partial charge in [0.05, 0.1) is 6.54 Å². The number of anilines is 1. The van der Waals surface area contributed by atoms with E-state index in [0.29, 0.717) is 17.8 Å². The Labute approximate surface area is 130 Å². The molecule has 3 nitrogen and oxygen atoms in total. The Morgan fingerprint density at radius 2 is 1.95 bits per heavy atom. The number of nitrogens with zero attached hydrogens (tertiary/aromatic N) is 1. The monoisotopic (exact) mass is 302 g/mol. The summed E-state index contributed by atoms with van der Waals surface area (Å²) < 4.78 is 0. The summed E-state index contributed by atoms with van der Waals surface area (Å²) in [6.45, 7) is 8.75. The van der Waals surface area contributed by atoms with Crippen molar-refractivity contribution >= 4 is 22.9 Å². The molecule has 1 amide bonds. The van der Waals surface area contributed by atoms with Crippen molar-refractivity contribution in [3.8, 4) is 0 Å². The number of nitrogens with two attached hydrogens (primary N) is 1. The highest BCUT2D eigenvalue weighted by Crippen LogP contribution is 2.22. The highest BCUT2D eigenvalue weighted by atomic mass is 32.1. The molecule has 2 aromatic rings. The van der Waals surface area contributed by atoms with E-state index >= 15 is 0 Å². The van der Waals surface area contributed by atoms with Crippen molar-refractivity contribution < 1.29 is 4.79 Å². The lowest BCUT2D eigenvalue weighted by Crippen LogP contribution is -2.36. The standard InChI is InChI=1S/C17H22N2OS/c1-11(2)19(10-15-8-6-13(4)21-15)17(20)16-9-14(18)7-5-12(16)3/h5-9,11H,10,18H2,1-4H3. The molecule has 0 radical (unpaired) electrons. The first-order valence-electron chi connectivity index (χ1n) is 7.11. The quantitative estimate of drug-likeness (QED) is 0.868. The maximum atomic E-state index is 12.8. The second-order valence-corrected chi connectivity index (χ2v) is 6.99. The molecule has 0 saturated carbocycles. The van der Waals surface area contributed by atoms with Crippen LogP contribution in [0.5, 0.6) is 0 Å². The molecular weight excluding hydrogens is 280 g/mol. The van der Waals surface area contributed by atoms with Gasteiger partial charge in [-0.05, 0) is 57.5 Å². The smallest absolute Gasteiger partial charge is 0.254 e. The van der Waals surface area contributed by atoms with Gasteiger partial charge in [-0.15, -0.1) is 11.3 Å². The average molecular weight is 302 g/mol. The molecule has 0 aliphatic heterocycles. The maximum Gasteiger partial charge on any atom is 0.254 e. The minimum absolute atomic E-state index is 0.0425. The zero-order valence-corrected chi connectivity index (χ0v) is 13.8. The number of benzene rings is 1. The highest BCUT2D eigenvalue weighted by molar-refractivity contribution is 7.11. The lowest BCUT2D eigenvalue weighted by molar-refractivity contribution is 0.0691. The summed E-state index contributed by atoms with van der Waals surface area (Å²) >= 11 is 1.73. The van der Waals surface area contributed by atoms with Gasteiger partial charge >= 0.3 is 0 Å². The van der Waals surface area contributed by atoms with Crippen LogP contribution in [0.25, 0.3) is 0 Å². The molecule has 2 rings (SSSR count). The third kappa shape index (κ3) is 3.64. The van der Waals surface area contributed by atoms with Crippen LogP contribution in [0.3, 0.4) is 0 Å². The lowest BCUT2D eigenvalue weighted by atomic mass is 10.1. The molecular formula is C17H22N2OS. The molecule has 0 bridgehead atoms. The number of hydrogen-bond donors (Lipinski definition) is 1. The molecule has 0 fully saturated rings. The third-order valence-corrected chi connectivity index (χ3v) is 4.48. The van der Waals surface area contributed by atoms with Gasteiger partial charge in [0, 0.05) is 27.0 Å². The van der Waals surface area contributed by atoms with E-state index < -0.39 is 0 Å². The Bertz CT molecular complexity index is 646. The number of carbonyl (C=O) groups is 1. The first kappa shape index (κ1) is 15.6. The molecule has 0 atom stereocenters. The maximum absolute atomic E-state index is 12.8. The summed E-state index contributed by atoms with van der Waals surface area (Å²) in [4.78, 5) is 17.2. The molecule has 1 aromatic carbocycles. The van der Waals surface area contributed by atoms with Crippen LogP contribution in [0, 0.1) is 13.8 Å². The molecule has 21 heavy (non-hydrogen) atoms. The summed E-state index contributed by atoms with van der Waals surface area (Å²) in [6, 6.07) is 9.82. The molecule has 0 spiro atoms. The molecule has 4 heteroatoms. The van der Waals surface area contributed by atoms with Crippen LogP contribution in [0.2, 0.25) is 0 Å². The molecule has 112 valence electrons. The van der Waals surface area contributed by atoms with Gasteiger partial charge in [0.15, 0.2) is 0 Å². The fraction of sp³-hybridized carbons (Fsp3) is 0.353. The van der Waals surface area contributed by atoms with Crippen LogP contribution >= 0.6 is 11.3 Å². The summed E-state index contributed by atoms with van der Waals surface area (Å²) in [5.74, 6) is 0.0425. The van der Waals surface area contributed by atoms with E-state index in [1.807, 2.05) is 37.8 Å². The van der Waals surface area contributed by atoms with Crippen molar-refractivity contribution in [3.63, 3.8) is 0 Å². The van der Waals surface area contributed by atoms with Gasteiger partial charge < -0.3 is 10.6 Å². The van der Waals surface area contributed by atoms with Gasteiger partial charge in [-0.1, -0.05) is 6.07 Å². The van der Waals surface area contributed by atoms with Crippen molar-refractivity contribution in [2.24, 2.45) is 0 Å². The van der Waals surface area contributed by atoms with E-state index in [1.165, 1.54) is 9.75 Å². The first-order valence-corrected chi connectivity index (χ1v) is 7.92. The lowest BCUT2D eigenvalue weighted by Gasteiger charge is -2.27. The Hall–Kier alpha value is -1.81. The van der Waals surface area contributed by atoms with E-state index in [2.05, 4.69) is 19.1 Å². The second-order valence-electron chi connectivity index (χ2n) is 5.61. The Morgan fingerprint density at radius 3 is 2.52 bits per heavy atom. The summed E-state index contributed by atoms with van der Waals surface area (Å²) in [6.07, 6.45) is 0. The zero-order valence-electron chi connectivity index (χ0n) is 13.0. The van der Waals surface area contributed by atoms with Crippen LogP contribution in [0.15, 0.2) is 30.3 Å². The number of carbonyl (C=O) groups excluding carboxylic acids is 1. The summed E-state index contributed by atoms with van der Waals surface area (Å²) in [5, 5.41) is 0. The van der Waals surface area contributed by atoms with Crippen molar-refractivity contribution in [1.29, 1.82) is 0 Å². The van der Waals surface area contributed by atoms with E-state index in [9.17, 15) is 4.79 Å². The number of aryl methyl sites for hydroxylation is 2. The van der Waals surface area contributed by atoms with Crippen LogP contribution in [-0.2, 0) is 6.54 Å². The van der Waals surface area contributed by atoms with Gasteiger partial charge in [0.1, 0.15) is 0 Å². The molecule has 1 heterocycles. The van der Waals surface area contributed by atoms with Gasteiger partial charge in [-0.2, -0.15) is 0 Å².